The predicted octanol–water partition coefficient (Wildman–Crippen LogP) is 3.16. The molecule has 0 amide bonds. The first-order chi connectivity index (χ1) is 11.2. The Bertz CT molecular complexity index is 858. The molecule has 0 saturated carbocycles. The molecule has 3 N–H and O–H groups in total. The zero-order valence-electron chi connectivity index (χ0n) is 14.0. The second-order valence-corrected chi connectivity index (χ2v) is 8.56. The number of hydrogen-bond acceptors (Lipinski definition) is 4. The molecule has 1 unspecified atom stereocenters. The molecule has 128 valence electrons. The lowest BCUT2D eigenvalue weighted by molar-refractivity contribution is 0.0702. The zero-order chi connectivity index (χ0) is 17.5. The van der Waals surface area contributed by atoms with Crippen molar-refractivity contribution in [3.8, 4) is 5.75 Å². The highest BCUT2D eigenvalue weighted by Crippen LogP contribution is 2.40. The molecule has 6 heteroatoms. The van der Waals surface area contributed by atoms with Crippen LogP contribution >= 0.6 is 0 Å². The smallest absolute Gasteiger partial charge is 0.241 e. The van der Waals surface area contributed by atoms with Gasteiger partial charge in [0.15, 0.2) is 0 Å². The van der Waals surface area contributed by atoms with Gasteiger partial charge in [-0.25, -0.2) is 13.1 Å². The molecule has 1 aliphatic rings. The minimum atomic E-state index is -3.63. The molecule has 0 radical (unpaired) electrons. The number of ether oxygens (including phenoxy) is 1. The second-order valence-electron chi connectivity index (χ2n) is 6.85. The van der Waals surface area contributed by atoms with Crippen LogP contribution in [0, 0.1) is 6.92 Å². The fraction of sp³-hybridized carbons (Fsp3) is 0.333. The number of nitrogens with one attached hydrogen (secondary N) is 1. The Morgan fingerprint density at radius 3 is 2.50 bits per heavy atom. The molecule has 0 fully saturated rings. The SMILES string of the molecule is Cc1ccc(S(=O)(=O)NC2CC(C)(C)Oc3ccc(N)cc32)cc1. The van der Waals surface area contributed by atoms with E-state index in [4.69, 9.17) is 10.5 Å². The van der Waals surface area contributed by atoms with Gasteiger partial charge in [0.25, 0.3) is 0 Å². The molecule has 1 heterocycles. The fourth-order valence-corrected chi connectivity index (χ4v) is 4.17. The molecule has 0 aliphatic carbocycles. The van der Waals surface area contributed by atoms with Gasteiger partial charge in [-0.05, 0) is 51.1 Å². The highest BCUT2D eigenvalue weighted by atomic mass is 32.2. The Morgan fingerprint density at radius 1 is 1.17 bits per heavy atom. The lowest BCUT2D eigenvalue weighted by Crippen LogP contribution is -2.41. The first kappa shape index (κ1) is 16.8. The third-order valence-electron chi connectivity index (χ3n) is 4.12. The summed E-state index contributed by atoms with van der Waals surface area (Å²) in [5.41, 5.74) is 7.76. The molecule has 0 bridgehead atoms. The van der Waals surface area contributed by atoms with Crippen LogP contribution in [-0.2, 0) is 10.0 Å². The van der Waals surface area contributed by atoms with E-state index < -0.39 is 21.7 Å². The quantitative estimate of drug-likeness (QED) is 0.837. The lowest BCUT2D eigenvalue weighted by atomic mass is 9.90. The van der Waals surface area contributed by atoms with Gasteiger partial charge in [0.2, 0.25) is 10.0 Å². The molecular formula is C18H22N2O3S. The summed E-state index contributed by atoms with van der Waals surface area (Å²) in [6.45, 7) is 5.81. The van der Waals surface area contributed by atoms with Crippen LogP contribution in [0.3, 0.4) is 0 Å². The van der Waals surface area contributed by atoms with E-state index in [1.807, 2.05) is 20.8 Å². The van der Waals surface area contributed by atoms with E-state index >= 15 is 0 Å². The number of anilines is 1. The van der Waals surface area contributed by atoms with Crippen molar-refractivity contribution in [1.29, 1.82) is 0 Å². The Labute approximate surface area is 142 Å². The van der Waals surface area contributed by atoms with Crippen molar-refractivity contribution in [3.63, 3.8) is 0 Å². The number of aryl methyl sites for hydroxylation is 1. The van der Waals surface area contributed by atoms with E-state index in [-0.39, 0.29) is 4.90 Å². The number of rotatable bonds is 3. The first-order valence-corrected chi connectivity index (χ1v) is 9.32. The van der Waals surface area contributed by atoms with E-state index in [1.165, 1.54) is 0 Å². The minimum Gasteiger partial charge on any atom is -0.487 e. The van der Waals surface area contributed by atoms with Crippen molar-refractivity contribution in [2.75, 3.05) is 5.73 Å². The normalized spacial score (nSPS) is 19.4. The van der Waals surface area contributed by atoms with Gasteiger partial charge < -0.3 is 10.5 Å². The highest BCUT2D eigenvalue weighted by molar-refractivity contribution is 7.89. The molecular weight excluding hydrogens is 324 g/mol. The Morgan fingerprint density at radius 2 is 1.83 bits per heavy atom. The summed E-state index contributed by atoms with van der Waals surface area (Å²) >= 11 is 0. The average Bonchev–Trinajstić information content (AvgIpc) is 2.47. The summed E-state index contributed by atoms with van der Waals surface area (Å²) in [5, 5.41) is 0. The first-order valence-electron chi connectivity index (χ1n) is 7.84. The van der Waals surface area contributed by atoms with Crippen LogP contribution in [0.5, 0.6) is 5.75 Å². The number of fused-ring (bicyclic) bond motifs is 1. The standard InChI is InChI=1S/C18H22N2O3S/c1-12-4-7-14(8-5-12)24(21,22)20-16-11-18(2,3)23-17-9-6-13(19)10-15(16)17/h4-10,16,20H,11,19H2,1-3H3. The Balaban J connectivity index is 1.97. The van der Waals surface area contributed by atoms with Gasteiger partial charge in [0.1, 0.15) is 11.4 Å². The van der Waals surface area contributed by atoms with Gasteiger partial charge in [-0.3, -0.25) is 0 Å². The van der Waals surface area contributed by atoms with Crippen LogP contribution < -0.4 is 15.2 Å². The van der Waals surface area contributed by atoms with Crippen LogP contribution in [0.15, 0.2) is 47.4 Å². The molecule has 0 spiro atoms. The molecule has 0 aromatic heterocycles. The summed E-state index contributed by atoms with van der Waals surface area (Å²) in [6, 6.07) is 11.7. The van der Waals surface area contributed by atoms with E-state index in [2.05, 4.69) is 4.72 Å². The van der Waals surface area contributed by atoms with Crippen LogP contribution in [0.4, 0.5) is 5.69 Å². The van der Waals surface area contributed by atoms with Crippen LogP contribution in [0.2, 0.25) is 0 Å². The van der Waals surface area contributed by atoms with E-state index in [9.17, 15) is 8.42 Å². The van der Waals surface area contributed by atoms with Crippen LogP contribution in [-0.4, -0.2) is 14.0 Å². The maximum atomic E-state index is 12.7. The topological polar surface area (TPSA) is 81.4 Å². The van der Waals surface area contributed by atoms with Gasteiger partial charge >= 0.3 is 0 Å². The average molecular weight is 346 g/mol. The van der Waals surface area contributed by atoms with E-state index in [1.54, 1.807) is 42.5 Å². The zero-order valence-corrected chi connectivity index (χ0v) is 14.9. The summed E-state index contributed by atoms with van der Waals surface area (Å²) in [7, 11) is -3.63. The summed E-state index contributed by atoms with van der Waals surface area (Å²) in [5.74, 6) is 0.664. The lowest BCUT2D eigenvalue weighted by Gasteiger charge is -2.37. The van der Waals surface area contributed by atoms with Crippen molar-refractivity contribution in [2.45, 2.75) is 43.7 Å². The van der Waals surface area contributed by atoms with Crippen LogP contribution in [0.1, 0.15) is 37.4 Å². The van der Waals surface area contributed by atoms with Gasteiger partial charge in [-0.15, -0.1) is 0 Å². The molecule has 0 saturated heterocycles. The van der Waals surface area contributed by atoms with Crippen LogP contribution in [0.25, 0.3) is 0 Å². The molecule has 1 atom stereocenters. The molecule has 5 nitrogen and oxygen atoms in total. The fourth-order valence-electron chi connectivity index (χ4n) is 2.95. The highest BCUT2D eigenvalue weighted by Gasteiger charge is 2.36. The Hall–Kier alpha value is -2.05. The Kier molecular flexibility index (Phi) is 4.05. The second kappa shape index (κ2) is 5.79. The van der Waals surface area contributed by atoms with Crippen molar-refractivity contribution < 1.29 is 13.2 Å². The van der Waals surface area contributed by atoms with E-state index in [0.717, 1.165) is 11.1 Å². The number of nitrogens with two attached hydrogens (primary N) is 1. The molecule has 2 aromatic carbocycles. The number of nitrogen functional groups attached to an aromatic ring is 1. The summed E-state index contributed by atoms with van der Waals surface area (Å²) in [6.07, 6.45) is 0.522. The third-order valence-corrected chi connectivity index (χ3v) is 5.61. The van der Waals surface area contributed by atoms with Crippen molar-refractivity contribution in [3.05, 3.63) is 53.6 Å². The number of hydrogen-bond donors (Lipinski definition) is 2. The maximum absolute atomic E-state index is 12.7. The minimum absolute atomic E-state index is 0.253. The molecule has 3 rings (SSSR count). The third kappa shape index (κ3) is 3.39. The van der Waals surface area contributed by atoms with E-state index in [0.29, 0.717) is 17.9 Å². The maximum Gasteiger partial charge on any atom is 0.241 e. The molecule has 2 aromatic rings. The monoisotopic (exact) mass is 346 g/mol. The van der Waals surface area contributed by atoms with Gasteiger partial charge in [-0.2, -0.15) is 0 Å². The van der Waals surface area contributed by atoms with Crippen molar-refractivity contribution in [1.82, 2.24) is 4.72 Å². The van der Waals surface area contributed by atoms with Gasteiger partial charge in [0.05, 0.1) is 10.9 Å². The predicted molar refractivity (Wildman–Crippen MR) is 94.4 cm³/mol. The number of benzene rings is 2. The van der Waals surface area contributed by atoms with Crippen molar-refractivity contribution in [2.24, 2.45) is 0 Å². The van der Waals surface area contributed by atoms with Gasteiger partial charge in [0, 0.05) is 17.7 Å². The number of sulfonamides is 1. The van der Waals surface area contributed by atoms with Gasteiger partial charge in [-0.1, -0.05) is 17.7 Å². The van der Waals surface area contributed by atoms with Crippen molar-refractivity contribution >= 4 is 15.7 Å². The molecule has 1 aliphatic heterocycles. The summed E-state index contributed by atoms with van der Waals surface area (Å²) in [4.78, 5) is 0.253. The largest absolute Gasteiger partial charge is 0.487 e. The summed E-state index contributed by atoms with van der Waals surface area (Å²) < 4.78 is 34.2. The molecule has 24 heavy (non-hydrogen) atoms.